The first kappa shape index (κ1) is 15.7. The highest BCUT2D eigenvalue weighted by molar-refractivity contribution is 5.66. The fraction of sp³-hybridized carbons (Fsp3) is 0.733. The highest BCUT2D eigenvalue weighted by atomic mass is 16.5. The monoisotopic (exact) mass is 268 g/mol. The van der Waals surface area contributed by atoms with Gasteiger partial charge in [0, 0.05) is 19.8 Å². The van der Waals surface area contributed by atoms with Gasteiger partial charge in [-0.15, -0.1) is 0 Å². The molecule has 19 heavy (non-hydrogen) atoms. The third-order valence-electron chi connectivity index (χ3n) is 3.59. The topological polar surface area (TPSA) is 52.6 Å². The zero-order valence-electron chi connectivity index (χ0n) is 12.2. The van der Waals surface area contributed by atoms with Crippen LogP contribution in [-0.4, -0.2) is 24.6 Å². The molecule has 0 heterocycles. The minimum absolute atomic E-state index is 0.170. The van der Waals surface area contributed by atoms with Crippen LogP contribution in [0.2, 0.25) is 0 Å². The van der Waals surface area contributed by atoms with Crippen molar-refractivity contribution >= 4 is 11.9 Å². The van der Waals surface area contributed by atoms with Crippen LogP contribution in [0.5, 0.6) is 0 Å². The Bertz CT molecular complexity index is 348. The van der Waals surface area contributed by atoms with Crippen molar-refractivity contribution in [1.29, 1.82) is 0 Å². The average Bonchev–Trinajstić information content (AvgIpc) is 2.48. The van der Waals surface area contributed by atoms with Crippen LogP contribution in [0.15, 0.2) is 12.2 Å². The molecule has 0 aromatic carbocycles. The Hall–Kier alpha value is -1.32. The molecule has 0 fully saturated rings. The summed E-state index contributed by atoms with van der Waals surface area (Å²) in [6.45, 7) is 7.40. The lowest BCUT2D eigenvalue weighted by Gasteiger charge is -2.28. The number of carbonyl (C=O) groups is 2. The molecule has 0 spiro atoms. The van der Waals surface area contributed by atoms with Gasteiger partial charge in [-0.3, -0.25) is 9.59 Å². The van der Waals surface area contributed by atoms with Gasteiger partial charge in [0.2, 0.25) is 0 Å². The first-order chi connectivity index (χ1) is 8.90. The van der Waals surface area contributed by atoms with E-state index in [-0.39, 0.29) is 29.9 Å². The van der Waals surface area contributed by atoms with Gasteiger partial charge in [0.05, 0.1) is 6.61 Å². The van der Waals surface area contributed by atoms with E-state index in [1.807, 2.05) is 13.0 Å². The molecule has 0 aromatic rings. The minimum atomic E-state index is -0.270. The van der Waals surface area contributed by atoms with Gasteiger partial charge in [0.15, 0.2) is 0 Å². The zero-order chi connectivity index (χ0) is 14.4. The number of ether oxygens (including phenoxy) is 2. The second-order valence-electron chi connectivity index (χ2n) is 5.46. The molecule has 0 saturated carbocycles. The van der Waals surface area contributed by atoms with E-state index in [0.29, 0.717) is 12.5 Å². The largest absolute Gasteiger partial charge is 0.466 e. The summed E-state index contributed by atoms with van der Waals surface area (Å²) in [4.78, 5) is 22.1. The first-order valence-corrected chi connectivity index (χ1v) is 6.89. The summed E-state index contributed by atoms with van der Waals surface area (Å²) < 4.78 is 10.5. The molecule has 0 unspecified atom stereocenters. The average molecular weight is 268 g/mol. The van der Waals surface area contributed by atoms with Gasteiger partial charge in [0.25, 0.3) is 0 Å². The quantitative estimate of drug-likeness (QED) is 0.581. The Morgan fingerprint density at radius 3 is 2.47 bits per heavy atom. The third-order valence-corrected chi connectivity index (χ3v) is 3.59. The normalized spacial score (nSPS) is 28.3. The molecular weight excluding hydrogens is 244 g/mol. The molecule has 0 aliphatic heterocycles. The molecule has 0 aromatic heterocycles. The number of esters is 2. The van der Waals surface area contributed by atoms with Crippen LogP contribution in [0.3, 0.4) is 0 Å². The zero-order valence-corrected chi connectivity index (χ0v) is 12.2. The Morgan fingerprint density at radius 1 is 1.21 bits per heavy atom. The van der Waals surface area contributed by atoms with E-state index < -0.39 is 0 Å². The summed E-state index contributed by atoms with van der Waals surface area (Å²) >= 11 is 0. The number of rotatable bonds is 4. The van der Waals surface area contributed by atoms with Crippen molar-refractivity contribution in [1.82, 2.24) is 0 Å². The van der Waals surface area contributed by atoms with Gasteiger partial charge in [-0.2, -0.15) is 0 Å². The van der Waals surface area contributed by atoms with Crippen molar-refractivity contribution in [3.8, 4) is 0 Å². The summed E-state index contributed by atoms with van der Waals surface area (Å²) in [6.07, 6.45) is 5.89. The number of carbonyl (C=O) groups excluding carboxylic acids is 2. The molecule has 4 heteroatoms. The maximum absolute atomic E-state index is 11.2. The van der Waals surface area contributed by atoms with E-state index >= 15 is 0 Å². The van der Waals surface area contributed by atoms with Crippen molar-refractivity contribution < 1.29 is 19.1 Å². The lowest BCUT2D eigenvalue weighted by atomic mass is 9.85. The van der Waals surface area contributed by atoms with Crippen LogP contribution in [0.25, 0.3) is 0 Å². The van der Waals surface area contributed by atoms with Crippen LogP contribution >= 0.6 is 0 Å². The number of allylic oxidation sites excluding steroid dienone is 1. The molecule has 108 valence electrons. The van der Waals surface area contributed by atoms with Gasteiger partial charge >= 0.3 is 11.9 Å². The summed E-state index contributed by atoms with van der Waals surface area (Å²) in [5.41, 5.74) is 0. The highest BCUT2D eigenvalue weighted by Gasteiger charge is 2.30. The smallest absolute Gasteiger partial charge is 0.303 e. The molecule has 0 N–H and O–H groups in total. The van der Waals surface area contributed by atoms with Gasteiger partial charge < -0.3 is 9.47 Å². The van der Waals surface area contributed by atoms with Crippen molar-refractivity contribution in [3.05, 3.63) is 12.2 Å². The number of hydrogen-bond donors (Lipinski definition) is 0. The summed E-state index contributed by atoms with van der Waals surface area (Å²) in [6, 6.07) is 0. The molecule has 0 saturated heterocycles. The Labute approximate surface area is 115 Å². The van der Waals surface area contributed by atoms with Crippen molar-refractivity contribution in [2.45, 2.75) is 46.6 Å². The van der Waals surface area contributed by atoms with E-state index in [1.165, 1.54) is 13.8 Å². The summed E-state index contributed by atoms with van der Waals surface area (Å²) in [7, 11) is 0. The fourth-order valence-corrected chi connectivity index (χ4v) is 2.46. The van der Waals surface area contributed by atoms with Crippen LogP contribution in [0.1, 0.15) is 40.5 Å². The van der Waals surface area contributed by atoms with Crippen molar-refractivity contribution in [2.75, 3.05) is 6.61 Å². The standard InChI is InChI=1S/C15H24O4/c1-10-5-7-14(11(2)9-18-12(3)16)15(8-6-10)19-13(4)17/h6,8,10-11,14-15H,5,7,9H2,1-4H3/t10-,11+,14-,15-/m0/s1. The van der Waals surface area contributed by atoms with E-state index in [2.05, 4.69) is 13.0 Å². The minimum Gasteiger partial charge on any atom is -0.466 e. The SMILES string of the molecule is CC(=O)OC[C@@H](C)[C@@H]1CC[C@H](C)C=C[C@@H]1OC(C)=O. The molecule has 1 aliphatic carbocycles. The molecule has 1 aliphatic rings. The maximum Gasteiger partial charge on any atom is 0.303 e. The second kappa shape index (κ2) is 7.31. The van der Waals surface area contributed by atoms with E-state index in [4.69, 9.17) is 9.47 Å². The third kappa shape index (κ3) is 5.45. The first-order valence-electron chi connectivity index (χ1n) is 6.89. The molecular formula is C15H24O4. The predicted molar refractivity (Wildman–Crippen MR) is 72.4 cm³/mol. The molecule has 0 amide bonds. The van der Waals surface area contributed by atoms with Gasteiger partial charge in [-0.25, -0.2) is 0 Å². The summed E-state index contributed by atoms with van der Waals surface area (Å²) in [5, 5.41) is 0. The Morgan fingerprint density at radius 2 is 1.89 bits per heavy atom. The molecule has 4 atom stereocenters. The predicted octanol–water partition coefficient (Wildman–Crippen LogP) is 2.72. The van der Waals surface area contributed by atoms with Crippen LogP contribution < -0.4 is 0 Å². The lowest BCUT2D eigenvalue weighted by Crippen LogP contribution is -2.31. The van der Waals surface area contributed by atoms with Gasteiger partial charge in [0.1, 0.15) is 6.10 Å². The van der Waals surface area contributed by atoms with Crippen LogP contribution in [-0.2, 0) is 19.1 Å². The molecule has 0 bridgehead atoms. The lowest BCUT2D eigenvalue weighted by molar-refractivity contribution is -0.150. The molecule has 0 radical (unpaired) electrons. The van der Waals surface area contributed by atoms with Gasteiger partial charge in [-0.05, 0) is 30.8 Å². The van der Waals surface area contributed by atoms with Gasteiger partial charge in [-0.1, -0.05) is 19.9 Å². The van der Waals surface area contributed by atoms with E-state index in [0.717, 1.165) is 12.8 Å². The fourth-order valence-electron chi connectivity index (χ4n) is 2.46. The van der Waals surface area contributed by atoms with Crippen LogP contribution in [0.4, 0.5) is 0 Å². The van der Waals surface area contributed by atoms with Crippen molar-refractivity contribution in [3.63, 3.8) is 0 Å². The molecule has 4 nitrogen and oxygen atoms in total. The molecule has 1 rings (SSSR count). The summed E-state index contributed by atoms with van der Waals surface area (Å²) in [5.74, 6) is 0.318. The van der Waals surface area contributed by atoms with E-state index in [9.17, 15) is 9.59 Å². The van der Waals surface area contributed by atoms with Crippen molar-refractivity contribution in [2.24, 2.45) is 17.8 Å². The van der Waals surface area contributed by atoms with Crippen LogP contribution in [0, 0.1) is 17.8 Å². The highest BCUT2D eigenvalue weighted by Crippen LogP contribution is 2.30. The second-order valence-corrected chi connectivity index (χ2v) is 5.46. The maximum atomic E-state index is 11.2. The Kier molecular flexibility index (Phi) is 6.06. The number of hydrogen-bond acceptors (Lipinski definition) is 4. The Balaban J connectivity index is 2.71. The van der Waals surface area contributed by atoms with E-state index in [1.54, 1.807) is 0 Å².